The molecule has 2 rings (SSSR count). The molecule has 0 radical (unpaired) electrons. The van der Waals surface area contributed by atoms with Crippen molar-refractivity contribution in [2.75, 3.05) is 7.11 Å². The summed E-state index contributed by atoms with van der Waals surface area (Å²) in [7, 11) is 1.29. The second-order valence-electron chi connectivity index (χ2n) is 5.44. The molecule has 0 atom stereocenters. The summed E-state index contributed by atoms with van der Waals surface area (Å²) in [6, 6.07) is 8.20. The fourth-order valence-corrected chi connectivity index (χ4v) is 2.09. The first-order chi connectivity index (χ1) is 11.4. The topological polar surface area (TPSA) is 75.0 Å². The number of esters is 2. The van der Waals surface area contributed by atoms with Crippen molar-refractivity contribution in [1.29, 1.82) is 0 Å². The van der Waals surface area contributed by atoms with Crippen LogP contribution in [0, 0.1) is 6.92 Å². The predicted octanol–water partition coefficient (Wildman–Crippen LogP) is 3.52. The zero-order valence-corrected chi connectivity index (χ0v) is 14.1. The molecule has 0 saturated carbocycles. The van der Waals surface area contributed by atoms with Gasteiger partial charge in [0, 0.05) is 0 Å². The largest absolute Gasteiger partial charge is 0.491 e. The van der Waals surface area contributed by atoms with Gasteiger partial charge in [0.1, 0.15) is 29.4 Å². The first-order valence-corrected chi connectivity index (χ1v) is 7.52. The fourth-order valence-electron chi connectivity index (χ4n) is 2.09. The Morgan fingerprint density at radius 1 is 1.12 bits per heavy atom. The van der Waals surface area contributed by atoms with Crippen LogP contribution in [0.1, 0.15) is 46.1 Å². The minimum Gasteiger partial charge on any atom is -0.491 e. The van der Waals surface area contributed by atoms with Gasteiger partial charge in [0.05, 0.1) is 18.8 Å². The van der Waals surface area contributed by atoms with Gasteiger partial charge in [-0.2, -0.15) is 0 Å². The van der Waals surface area contributed by atoms with Gasteiger partial charge in [-0.1, -0.05) is 0 Å². The van der Waals surface area contributed by atoms with Crippen molar-refractivity contribution in [2.24, 2.45) is 0 Å². The molecule has 2 aromatic rings. The average Bonchev–Trinajstić information content (AvgIpc) is 2.93. The van der Waals surface area contributed by atoms with Gasteiger partial charge < -0.3 is 18.6 Å². The molecule has 24 heavy (non-hydrogen) atoms. The van der Waals surface area contributed by atoms with Crippen molar-refractivity contribution < 1.29 is 28.2 Å². The van der Waals surface area contributed by atoms with Gasteiger partial charge in [-0.3, -0.25) is 0 Å². The van der Waals surface area contributed by atoms with E-state index >= 15 is 0 Å². The standard InChI is InChI=1S/C18H20O6/c1-11(2)23-14-7-5-13(6-8-14)17(19)22-10-15-9-16(12(3)24-15)18(20)21-4/h5-9,11H,10H2,1-4H3. The molecule has 1 heterocycles. The summed E-state index contributed by atoms with van der Waals surface area (Å²) < 4.78 is 20.7. The zero-order valence-electron chi connectivity index (χ0n) is 14.1. The molecule has 128 valence electrons. The fraction of sp³-hybridized carbons (Fsp3) is 0.333. The SMILES string of the molecule is COC(=O)c1cc(COC(=O)c2ccc(OC(C)C)cc2)oc1C. The Bertz CT molecular complexity index is 712. The van der Waals surface area contributed by atoms with E-state index < -0.39 is 11.9 Å². The normalized spacial score (nSPS) is 10.5. The summed E-state index contributed by atoms with van der Waals surface area (Å²) in [6.45, 7) is 5.43. The van der Waals surface area contributed by atoms with E-state index in [2.05, 4.69) is 4.74 Å². The van der Waals surface area contributed by atoms with Crippen LogP contribution < -0.4 is 4.74 Å². The number of methoxy groups -OCH3 is 1. The Morgan fingerprint density at radius 2 is 1.79 bits per heavy atom. The number of furan rings is 1. The van der Waals surface area contributed by atoms with E-state index in [9.17, 15) is 9.59 Å². The highest BCUT2D eigenvalue weighted by atomic mass is 16.5. The van der Waals surface area contributed by atoms with Crippen LogP contribution in [0.3, 0.4) is 0 Å². The van der Waals surface area contributed by atoms with E-state index in [-0.39, 0.29) is 12.7 Å². The molecule has 0 bridgehead atoms. The van der Waals surface area contributed by atoms with Crippen molar-refractivity contribution in [3.8, 4) is 5.75 Å². The maximum atomic E-state index is 12.0. The number of hydrogen-bond acceptors (Lipinski definition) is 6. The van der Waals surface area contributed by atoms with Crippen molar-refractivity contribution in [2.45, 2.75) is 33.5 Å². The van der Waals surface area contributed by atoms with E-state index in [1.165, 1.54) is 13.2 Å². The second-order valence-corrected chi connectivity index (χ2v) is 5.44. The van der Waals surface area contributed by atoms with Crippen molar-refractivity contribution in [3.05, 3.63) is 53.0 Å². The van der Waals surface area contributed by atoms with Crippen LogP contribution in [0.15, 0.2) is 34.7 Å². The number of benzene rings is 1. The van der Waals surface area contributed by atoms with Crippen LogP contribution in [0.5, 0.6) is 5.75 Å². The molecule has 1 aromatic heterocycles. The first-order valence-electron chi connectivity index (χ1n) is 7.52. The van der Waals surface area contributed by atoms with Crippen molar-refractivity contribution >= 4 is 11.9 Å². The summed E-state index contributed by atoms with van der Waals surface area (Å²) in [5, 5.41) is 0. The Labute approximate surface area is 140 Å². The van der Waals surface area contributed by atoms with E-state index in [0.29, 0.717) is 28.4 Å². The third kappa shape index (κ3) is 4.38. The molecule has 0 N–H and O–H groups in total. The molecule has 0 saturated heterocycles. The number of hydrogen-bond donors (Lipinski definition) is 0. The molecule has 6 heteroatoms. The van der Waals surface area contributed by atoms with Gasteiger partial charge in [0.15, 0.2) is 0 Å². The molecule has 0 aliphatic rings. The van der Waals surface area contributed by atoms with Crippen LogP contribution in [-0.4, -0.2) is 25.2 Å². The molecule has 0 amide bonds. The third-order valence-corrected chi connectivity index (χ3v) is 3.18. The second kappa shape index (κ2) is 7.68. The molecule has 0 aliphatic carbocycles. The van der Waals surface area contributed by atoms with Gasteiger partial charge in [0.25, 0.3) is 0 Å². The number of carbonyl (C=O) groups excluding carboxylic acids is 2. The maximum Gasteiger partial charge on any atom is 0.341 e. The highest BCUT2D eigenvalue weighted by Crippen LogP contribution is 2.18. The highest BCUT2D eigenvalue weighted by Gasteiger charge is 2.16. The summed E-state index contributed by atoms with van der Waals surface area (Å²) >= 11 is 0. The smallest absolute Gasteiger partial charge is 0.341 e. The van der Waals surface area contributed by atoms with Gasteiger partial charge in [0.2, 0.25) is 0 Å². The van der Waals surface area contributed by atoms with Crippen LogP contribution >= 0.6 is 0 Å². The molecule has 0 unspecified atom stereocenters. The third-order valence-electron chi connectivity index (χ3n) is 3.18. The average molecular weight is 332 g/mol. The summed E-state index contributed by atoms with van der Waals surface area (Å²) in [5.41, 5.74) is 0.723. The Balaban J connectivity index is 1.97. The lowest BCUT2D eigenvalue weighted by Crippen LogP contribution is -2.07. The molecule has 0 aliphatic heterocycles. The molecular formula is C18H20O6. The van der Waals surface area contributed by atoms with Gasteiger partial charge in [-0.15, -0.1) is 0 Å². The summed E-state index contributed by atoms with van der Waals surface area (Å²) in [5.74, 6) is 0.504. The molecule has 0 fully saturated rings. The predicted molar refractivity (Wildman–Crippen MR) is 86.1 cm³/mol. The molecule has 1 aromatic carbocycles. The van der Waals surface area contributed by atoms with E-state index in [1.54, 1.807) is 31.2 Å². The Morgan fingerprint density at radius 3 is 2.38 bits per heavy atom. The van der Waals surface area contributed by atoms with E-state index in [4.69, 9.17) is 13.9 Å². The maximum absolute atomic E-state index is 12.0. The number of aryl methyl sites for hydroxylation is 1. The zero-order chi connectivity index (χ0) is 17.7. The monoisotopic (exact) mass is 332 g/mol. The van der Waals surface area contributed by atoms with Crippen LogP contribution in [0.25, 0.3) is 0 Å². The molecule has 6 nitrogen and oxygen atoms in total. The van der Waals surface area contributed by atoms with Crippen molar-refractivity contribution in [1.82, 2.24) is 0 Å². The van der Waals surface area contributed by atoms with E-state index in [1.807, 2.05) is 13.8 Å². The lowest BCUT2D eigenvalue weighted by atomic mass is 10.2. The molecule has 0 spiro atoms. The van der Waals surface area contributed by atoms with Crippen LogP contribution in [0.4, 0.5) is 0 Å². The molecular weight excluding hydrogens is 312 g/mol. The van der Waals surface area contributed by atoms with Gasteiger partial charge in [-0.05, 0) is 51.1 Å². The number of rotatable bonds is 6. The summed E-state index contributed by atoms with van der Waals surface area (Å²) in [6.07, 6.45) is 0.0639. The Kier molecular flexibility index (Phi) is 5.63. The van der Waals surface area contributed by atoms with Gasteiger partial charge in [-0.25, -0.2) is 9.59 Å². The summed E-state index contributed by atoms with van der Waals surface area (Å²) in [4.78, 5) is 23.6. The van der Waals surface area contributed by atoms with Crippen LogP contribution in [-0.2, 0) is 16.1 Å². The van der Waals surface area contributed by atoms with Crippen LogP contribution in [0.2, 0.25) is 0 Å². The van der Waals surface area contributed by atoms with Crippen molar-refractivity contribution in [3.63, 3.8) is 0 Å². The first kappa shape index (κ1) is 17.6. The lowest BCUT2D eigenvalue weighted by molar-refractivity contribution is 0.0444. The minimum atomic E-state index is -0.491. The number of ether oxygens (including phenoxy) is 3. The number of carbonyl (C=O) groups is 2. The lowest BCUT2D eigenvalue weighted by Gasteiger charge is -2.09. The Hall–Kier alpha value is -2.76. The highest BCUT2D eigenvalue weighted by molar-refractivity contribution is 5.91. The minimum absolute atomic E-state index is 0.0639. The quantitative estimate of drug-likeness (QED) is 0.754. The van der Waals surface area contributed by atoms with Gasteiger partial charge >= 0.3 is 11.9 Å². The van der Waals surface area contributed by atoms with E-state index in [0.717, 1.165) is 0 Å².